The Morgan fingerprint density at radius 2 is 1.81 bits per heavy atom. The van der Waals surface area contributed by atoms with Crippen molar-refractivity contribution in [1.82, 2.24) is 5.32 Å². The predicted octanol–water partition coefficient (Wildman–Crippen LogP) is 4.17. The molecule has 8 heteroatoms. The molecule has 0 fully saturated rings. The Labute approximate surface area is 150 Å². The third-order valence-corrected chi connectivity index (χ3v) is 8.35. The number of hydrogen-bond donors (Lipinski definition) is 1. The fourth-order valence-corrected chi connectivity index (χ4v) is 4.19. The van der Waals surface area contributed by atoms with Crippen LogP contribution in [0, 0.1) is 0 Å². The van der Waals surface area contributed by atoms with E-state index in [4.69, 9.17) is 0 Å². The Kier molecular flexibility index (Phi) is 6.89. The highest BCUT2D eigenvalue weighted by Crippen LogP contribution is 2.43. The van der Waals surface area contributed by atoms with Crippen LogP contribution >= 0.6 is 47.8 Å². The van der Waals surface area contributed by atoms with Gasteiger partial charge in [0.05, 0.1) is 4.90 Å². The van der Waals surface area contributed by atoms with Crippen LogP contribution in [0.25, 0.3) is 0 Å². The summed E-state index contributed by atoms with van der Waals surface area (Å²) in [4.78, 5) is 12.2. The van der Waals surface area contributed by atoms with Gasteiger partial charge in [0.15, 0.2) is 0 Å². The van der Waals surface area contributed by atoms with Gasteiger partial charge in [-0.1, -0.05) is 19.9 Å². The highest BCUT2D eigenvalue weighted by atomic mass is 80.0. The number of benzene rings is 1. The molecule has 0 aliphatic heterocycles. The Hall–Kier alpha value is 0.0800. The monoisotopic (exact) mass is 503 g/mol. The van der Waals surface area contributed by atoms with E-state index in [1.54, 1.807) is 12.1 Å². The zero-order valence-electron chi connectivity index (χ0n) is 11.6. The highest BCUT2D eigenvalue weighted by molar-refractivity contribution is 9.42. The zero-order valence-corrected chi connectivity index (χ0v) is 17.1. The molecule has 21 heavy (non-hydrogen) atoms. The van der Waals surface area contributed by atoms with E-state index in [1.165, 1.54) is 12.1 Å². The van der Waals surface area contributed by atoms with Crippen LogP contribution in [0.1, 0.15) is 37.0 Å². The first-order valence-electron chi connectivity index (χ1n) is 6.35. The second-order valence-corrected chi connectivity index (χ2v) is 14.9. The Bertz CT molecular complexity index is 607. The van der Waals surface area contributed by atoms with Crippen LogP contribution in [0.5, 0.6) is 0 Å². The third-order valence-electron chi connectivity index (χ3n) is 3.03. The molecular weight excluding hydrogens is 490 g/mol. The highest BCUT2D eigenvalue weighted by Gasteiger charge is 2.37. The fourth-order valence-electron chi connectivity index (χ4n) is 1.70. The second kappa shape index (κ2) is 7.57. The topological polar surface area (TPSA) is 63.2 Å². The Morgan fingerprint density at radius 1 is 1.24 bits per heavy atom. The van der Waals surface area contributed by atoms with Gasteiger partial charge >= 0.3 is 0 Å². The number of carbonyl (C=O) groups is 1. The second-order valence-electron chi connectivity index (χ2n) is 4.46. The molecule has 4 nitrogen and oxygen atoms in total. The number of carbonyl (C=O) groups excluding carboxylic acids is 1. The van der Waals surface area contributed by atoms with Gasteiger partial charge in [-0.25, -0.2) is 8.42 Å². The van der Waals surface area contributed by atoms with Gasteiger partial charge in [-0.05, 0) is 78.8 Å². The minimum absolute atomic E-state index is 0.0466. The first-order chi connectivity index (χ1) is 9.63. The van der Waals surface area contributed by atoms with Crippen molar-refractivity contribution in [2.45, 2.75) is 39.1 Å². The molecule has 0 aliphatic carbocycles. The van der Waals surface area contributed by atoms with E-state index in [2.05, 4.69) is 53.1 Å². The largest absolute Gasteiger partial charge is 0.349 e. The van der Waals surface area contributed by atoms with Crippen LogP contribution in [-0.2, 0) is 9.84 Å². The van der Waals surface area contributed by atoms with Crippen LogP contribution in [-0.4, -0.2) is 21.8 Å². The zero-order chi connectivity index (χ0) is 16.3. The molecule has 1 N–H and O–H groups in total. The van der Waals surface area contributed by atoms with Crippen molar-refractivity contribution >= 4 is 63.5 Å². The quantitative estimate of drug-likeness (QED) is 0.611. The molecule has 1 aromatic carbocycles. The van der Waals surface area contributed by atoms with Gasteiger partial charge in [0.1, 0.15) is 0 Å². The Balaban J connectivity index is 3.10. The number of rotatable bonds is 5. The molecule has 0 bridgehead atoms. The normalized spacial score (nSPS) is 12.5. The van der Waals surface area contributed by atoms with Crippen LogP contribution in [0.3, 0.4) is 0 Å². The van der Waals surface area contributed by atoms with E-state index in [0.29, 0.717) is 5.56 Å². The lowest BCUT2D eigenvalue weighted by molar-refractivity contribution is 0.0934. The summed E-state index contributed by atoms with van der Waals surface area (Å²) < 4.78 is 23.1. The molecule has 0 aromatic heterocycles. The van der Waals surface area contributed by atoms with E-state index in [0.717, 1.165) is 12.8 Å². The summed E-state index contributed by atoms with van der Waals surface area (Å²) in [6, 6.07) is 6.04. The molecule has 118 valence electrons. The van der Waals surface area contributed by atoms with Gasteiger partial charge in [0.25, 0.3) is 5.91 Å². The summed E-state index contributed by atoms with van der Waals surface area (Å²) in [5, 5.41) is 2.88. The van der Waals surface area contributed by atoms with E-state index < -0.39 is 11.3 Å². The van der Waals surface area contributed by atoms with Crippen molar-refractivity contribution in [1.29, 1.82) is 0 Å². The minimum atomic E-state index is -3.70. The maximum absolute atomic E-state index is 12.3. The lowest BCUT2D eigenvalue weighted by Gasteiger charge is -2.16. The number of alkyl halides is 3. The molecule has 0 aliphatic rings. The molecule has 0 heterocycles. The average molecular weight is 506 g/mol. The maximum atomic E-state index is 12.3. The molecule has 0 atom stereocenters. The summed E-state index contributed by atoms with van der Waals surface area (Å²) in [5.41, 5.74) is 0.319. The first kappa shape index (κ1) is 19.1. The summed E-state index contributed by atoms with van der Waals surface area (Å²) >= 11 is 9.02. The van der Waals surface area contributed by atoms with Gasteiger partial charge in [-0.2, -0.15) is 0 Å². The van der Waals surface area contributed by atoms with Crippen molar-refractivity contribution in [2.75, 3.05) is 0 Å². The van der Waals surface area contributed by atoms with Crippen LogP contribution in [0.15, 0.2) is 29.2 Å². The van der Waals surface area contributed by atoms with Crippen LogP contribution in [0.2, 0.25) is 0 Å². The van der Waals surface area contributed by atoms with E-state index >= 15 is 0 Å². The van der Waals surface area contributed by atoms with Gasteiger partial charge in [0.2, 0.25) is 11.3 Å². The van der Waals surface area contributed by atoms with Crippen LogP contribution in [0.4, 0.5) is 0 Å². The average Bonchev–Trinajstić information content (AvgIpc) is 2.43. The van der Waals surface area contributed by atoms with Gasteiger partial charge in [0, 0.05) is 11.6 Å². The molecule has 1 rings (SSSR count). The molecule has 0 unspecified atom stereocenters. The fraction of sp³-hybridized carbons (Fsp3) is 0.462. The summed E-state index contributed by atoms with van der Waals surface area (Å²) in [5.74, 6) is -0.273. The molecular formula is C13H16Br3NO3S. The van der Waals surface area contributed by atoms with E-state index in [1.807, 2.05) is 13.8 Å². The van der Waals surface area contributed by atoms with Crippen molar-refractivity contribution in [3.05, 3.63) is 29.8 Å². The van der Waals surface area contributed by atoms with Gasteiger partial charge in [-0.3, -0.25) is 4.79 Å². The molecule has 0 saturated carbocycles. The molecule has 0 spiro atoms. The lowest BCUT2D eigenvalue weighted by atomic mass is 10.1. The SMILES string of the molecule is CCC(CC)NC(=O)c1cccc(S(=O)(=O)C(Br)(Br)Br)c1. The Morgan fingerprint density at radius 3 is 2.29 bits per heavy atom. The maximum Gasteiger partial charge on any atom is 0.251 e. The van der Waals surface area contributed by atoms with Gasteiger partial charge in [-0.15, -0.1) is 0 Å². The van der Waals surface area contributed by atoms with Crippen molar-refractivity contribution < 1.29 is 13.2 Å². The predicted molar refractivity (Wildman–Crippen MR) is 95.0 cm³/mol. The summed E-state index contributed by atoms with van der Waals surface area (Å²) in [6.45, 7) is 3.98. The number of amides is 1. The minimum Gasteiger partial charge on any atom is -0.349 e. The third kappa shape index (κ3) is 4.77. The number of nitrogens with one attached hydrogen (secondary N) is 1. The number of halogens is 3. The van der Waals surface area contributed by atoms with Crippen molar-refractivity contribution in [2.24, 2.45) is 0 Å². The van der Waals surface area contributed by atoms with Gasteiger partial charge < -0.3 is 5.32 Å². The summed E-state index contributed by atoms with van der Waals surface area (Å²) in [7, 11) is -3.70. The number of hydrogen-bond acceptors (Lipinski definition) is 3. The molecule has 1 amide bonds. The van der Waals surface area contributed by atoms with Crippen molar-refractivity contribution in [3.63, 3.8) is 0 Å². The lowest BCUT2D eigenvalue weighted by Crippen LogP contribution is -2.33. The first-order valence-corrected chi connectivity index (χ1v) is 10.2. The molecule has 1 aromatic rings. The van der Waals surface area contributed by atoms with E-state index in [-0.39, 0.29) is 16.8 Å². The molecule has 0 saturated heterocycles. The van der Waals surface area contributed by atoms with Crippen molar-refractivity contribution in [3.8, 4) is 0 Å². The summed E-state index contributed by atoms with van der Waals surface area (Å²) in [6.07, 6.45) is 1.65. The van der Waals surface area contributed by atoms with Crippen LogP contribution < -0.4 is 5.32 Å². The van der Waals surface area contributed by atoms with E-state index in [9.17, 15) is 13.2 Å². The standard InChI is InChI=1S/C13H16Br3NO3S/c1-3-10(4-2)17-12(18)9-6-5-7-11(8-9)21(19,20)13(14,15)16/h5-8,10H,3-4H2,1-2H3,(H,17,18). The molecule has 0 radical (unpaired) electrons. The number of sulfone groups is 1. The smallest absolute Gasteiger partial charge is 0.251 e.